The van der Waals surface area contributed by atoms with Crippen molar-refractivity contribution in [1.82, 2.24) is 0 Å². The Morgan fingerprint density at radius 3 is 2.12 bits per heavy atom. The molecular formula is C12H25NO2Si. The molecule has 0 aromatic rings. The highest BCUT2D eigenvalue weighted by molar-refractivity contribution is 6.13. The molecule has 0 aromatic carbocycles. The van der Waals surface area contributed by atoms with Crippen LogP contribution in [0.2, 0.25) is 0 Å². The highest BCUT2D eigenvalue weighted by atomic mass is 28.1. The van der Waals surface area contributed by atoms with Gasteiger partial charge in [0.15, 0.2) is 5.41 Å². The van der Waals surface area contributed by atoms with E-state index in [0.29, 0.717) is 13.2 Å². The molecule has 0 saturated heterocycles. The molecule has 0 rings (SSSR count). The van der Waals surface area contributed by atoms with Crippen molar-refractivity contribution in [1.29, 1.82) is 5.26 Å². The zero-order valence-corrected chi connectivity index (χ0v) is 13.1. The Kier molecular flexibility index (Phi) is 8.54. The molecule has 0 aliphatic rings. The zero-order chi connectivity index (χ0) is 12.4. The second-order valence-corrected chi connectivity index (χ2v) is 5.45. The van der Waals surface area contributed by atoms with E-state index in [-0.39, 0.29) is 5.92 Å². The zero-order valence-electron chi connectivity index (χ0n) is 11.1. The lowest BCUT2D eigenvalue weighted by atomic mass is 10.0. The first-order chi connectivity index (χ1) is 7.64. The summed E-state index contributed by atoms with van der Waals surface area (Å²) >= 11 is 0. The number of hydrogen-bond acceptors (Lipinski definition) is 3. The van der Waals surface area contributed by atoms with Crippen LogP contribution in [0.4, 0.5) is 0 Å². The molecule has 0 saturated carbocycles. The molecule has 4 heteroatoms. The van der Waals surface area contributed by atoms with Crippen LogP contribution in [0.25, 0.3) is 0 Å². The lowest BCUT2D eigenvalue weighted by Gasteiger charge is -2.33. The Labute approximate surface area is 103 Å². The van der Waals surface area contributed by atoms with E-state index in [2.05, 4.69) is 13.0 Å². The second-order valence-electron chi connectivity index (χ2n) is 4.06. The van der Waals surface area contributed by atoms with Crippen LogP contribution in [0.5, 0.6) is 0 Å². The lowest BCUT2D eigenvalue weighted by molar-refractivity contribution is -0.194. The predicted molar refractivity (Wildman–Crippen MR) is 69.2 cm³/mol. The largest absolute Gasteiger partial charge is 0.354 e. The van der Waals surface area contributed by atoms with Crippen molar-refractivity contribution in [3.63, 3.8) is 0 Å². The Bertz CT molecular complexity index is 210. The van der Waals surface area contributed by atoms with Gasteiger partial charge in [-0.15, -0.1) is 0 Å². The molecule has 0 bridgehead atoms. The van der Waals surface area contributed by atoms with Crippen molar-refractivity contribution in [2.75, 3.05) is 13.2 Å². The minimum Gasteiger partial charge on any atom is -0.354 e. The van der Waals surface area contributed by atoms with Gasteiger partial charge in [-0.2, -0.15) is 5.26 Å². The molecule has 0 fully saturated rings. The van der Waals surface area contributed by atoms with Crippen LogP contribution in [0, 0.1) is 17.2 Å². The van der Waals surface area contributed by atoms with Gasteiger partial charge in [-0.3, -0.25) is 0 Å². The molecule has 1 unspecified atom stereocenters. The van der Waals surface area contributed by atoms with Crippen LogP contribution in [0.3, 0.4) is 0 Å². The molecule has 0 N–H and O–H groups in total. The maximum absolute atomic E-state index is 9.23. The van der Waals surface area contributed by atoms with Gasteiger partial charge in [0.25, 0.3) is 0 Å². The first-order valence-electron chi connectivity index (χ1n) is 6.32. The summed E-state index contributed by atoms with van der Waals surface area (Å²) < 4.78 is 11.3. The second kappa shape index (κ2) is 8.74. The highest BCUT2D eigenvalue weighted by Crippen LogP contribution is 2.25. The van der Waals surface area contributed by atoms with Crippen LogP contribution >= 0.6 is 0 Å². The third kappa shape index (κ3) is 5.11. The molecule has 94 valence electrons. The maximum atomic E-state index is 9.23. The predicted octanol–water partition coefficient (Wildman–Crippen LogP) is 1.80. The molecule has 0 aromatic heterocycles. The van der Waals surface area contributed by atoms with E-state index in [1.54, 1.807) is 0 Å². The van der Waals surface area contributed by atoms with E-state index >= 15 is 0 Å². The van der Waals surface area contributed by atoms with Gasteiger partial charge in [-0.25, -0.2) is 0 Å². The maximum Gasteiger partial charge on any atom is 0.156 e. The molecule has 1 atom stereocenters. The molecule has 0 spiro atoms. The van der Waals surface area contributed by atoms with Crippen LogP contribution in [-0.4, -0.2) is 28.9 Å². The monoisotopic (exact) mass is 243 g/mol. The van der Waals surface area contributed by atoms with Gasteiger partial charge >= 0.3 is 0 Å². The molecule has 0 radical (unpaired) electrons. The summed E-state index contributed by atoms with van der Waals surface area (Å²) in [6.45, 7) is 7.28. The van der Waals surface area contributed by atoms with Crippen LogP contribution < -0.4 is 0 Å². The van der Waals surface area contributed by atoms with Crippen LogP contribution in [-0.2, 0) is 9.47 Å². The number of nitriles is 1. The van der Waals surface area contributed by atoms with E-state index in [9.17, 15) is 5.26 Å². The quantitative estimate of drug-likeness (QED) is 0.352. The summed E-state index contributed by atoms with van der Waals surface area (Å²) in [5.41, 5.74) is -0.605. The summed E-state index contributed by atoms with van der Waals surface area (Å²) in [5.74, 6) is -0.120. The van der Waals surface area contributed by atoms with Crippen LogP contribution in [0.1, 0.15) is 46.5 Å². The van der Waals surface area contributed by atoms with E-state index in [1.807, 2.05) is 13.8 Å². The van der Waals surface area contributed by atoms with E-state index in [0.717, 1.165) is 23.1 Å². The summed E-state index contributed by atoms with van der Waals surface area (Å²) in [5, 5.41) is 9.23. The topological polar surface area (TPSA) is 42.2 Å². The third-order valence-electron chi connectivity index (χ3n) is 2.75. The average molecular weight is 243 g/mol. The van der Waals surface area contributed by atoms with Crippen LogP contribution in [0.15, 0.2) is 0 Å². The van der Waals surface area contributed by atoms with Crippen molar-refractivity contribution in [3.8, 4) is 6.07 Å². The average Bonchev–Trinajstić information content (AvgIpc) is 2.25. The summed E-state index contributed by atoms with van der Waals surface area (Å²) in [7, 11) is 0.732. The van der Waals surface area contributed by atoms with Gasteiger partial charge in [-0.05, 0) is 20.3 Å². The molecule has 16 heavy (non-hydrogen) atoms. The number of ether oxygens (including phenoxy) is 2. The highest BCUT2D eigenvalue weighted by Gasteiger charge is 2.35. The van der Waals surface area contributed by atoms with Crippen molar-refractivity contribution < 1.29 is 9.47 Å². The van der Waals surface area contributed by atoms with E-state index < -0.39 is 5.41 Å². The molecular weight excluding hydrogens is 218 g/mol. The number of rotatable bonds is 9. The Balaban J connectivity index is 4.40. The Morgan fingerprint density at radius 2 is 1.75 bits per heavy atom. The summed E-state index contributed by atoms with van der Waals surface area (Å²) in [6.07, 6.45) is 4.32. The fourth-order valence-corrected chi connectivity index (χ4v) is 2.85. The van der Waals surface area contributed by atoms with Gasteiger partial charge in [0, 0.05) is 13.2 Å². The number of hydrogen-bond donors (Lipinski definition) is 0. The molecule has 0 aliphatic carbocycles. The Morgan fingerprint density at radius 1 is 1.19 bits per heavy atom. The third-order valence-corrected chi connectivity index (χ3v) is 4.02. The molecule has 0 aliphatic heterocycles. The normalized spacial score (nSPS) is 13.6. The minimum absolute atomic E-state index is 0.120. The van der Waals surface area contributed by atoms with Gasteiger partial charge < -0.3 is 9.47 Å². The molecule has 0 amide bonds. The molecule has 0 heterocycles. The fourth-order valence-electron chi connectivity index (χ4n) is 1.86. The number of unbranched alkanes of at least 4 members (excludes halogenated alkanes) is 2. The molecule has 3 nitrogen and oxygen atoms in total. The standard InChI is InChI=1S/C12H25NO2Si/c1-4-7-8-9-11(10-13)12(16,14-5-2)15-6-3/h11H,4-9H2,1-3,16H3. The summed E-state index contributed by atoms with van der Waals surface area (Å²) in [6, 6.07) is 2.36. The first kappa shape index (κ1) is 15.6. The van der Waals surface area contributed by atoms with Gasteiger partial charge in [0.2, 0.25) is 0 Å². The van der Waals surface area contributed by atoms with Crippen molar-refractivity contribution >= 4 is 10.2 Å². The SMILES string of the molecule is CCCCCC(C#N)C([SiH3])(OCC)OCC. The summed E-state index contributed by atoms with van der Waals surface area (Å²) in [4.78, 5) is 0. The van der Waals surface area contributed by atoms with E-state index in [4.69, 9.17) is 9.47 Å². The lowest BCUT2D eigenvalue weighted by Crippen LogP contribution is -2.44. The van der Waals surface area contributed by atoms with Crippen molar-refractivity contribution in [3.05, 3.63) is 0 Å². The van der Waals surface area contributed by atoms with Gasteiger partial charge in [0.05, 0.1) is 22.2 Å². The van der Waals surface area contributed by atoms with Gasteiger partial charge in [0.1, 0.15) is 0 Å². The fraction of sp³-hybridized carbons (Fsp3) is 0.917. The Hall–Kier alpha value is -0.373. The van der Waals surface area contributed by atoms with Crippen molar-refractivity contribution in [2.24, 2.45) is 5.92 Å². The minimum atomic E-state index is -0.605. The van der Waals surface area contributed by atoms with E-state index in [1.165, 1.54) is 12.8 Å². The van der Waals surface area contributed by atoms with Gasteiger partial charge in [-0.1, -0.05) is 26.2 Å². The van der Waals surface area contributed by atoms with Crippen molar-refractivity contribution in [2.45, 2.75) is 51.9 Å². The first-order valence-corrected chi connectivity index (χ1v) is 7.32. The number of nitrogens with zero attached hydrogens (tertiary/aromatic N) is 1. The smallest absolute Gasteiger partial charge is 0.156 e.